The van der Waals surface area contributed by atoms with E-state index in [-0.39, 0.29) is 11.7 Å². The highest BCUT2D eigenvalue weighted by atomic mass is 32.2. The zero-order valence-electron chi connectivity index (χ0n) is 9.26. The van der Waals surface area contributed by atoms with Crippen molar-refractivity contribution in [3.05, 3.63) is 0 Å². The van der Waals surface area contributed by atoms with E-state index in [9.17, 15) is 13.2 Å². The summed E-state index contributed by atoms with van der Waals surface area (Å²) in [4.78, 5) is 10.8. The maximum atomic E-state index is 11.7. The molecule has 0 aliphatic rings. The molecule has 0 aromatic rings. The number of carbonyl (C=O) groups is 1. The number of sulfone groups is 1. The predicted octanol–water partition coefficient (Wildman–Crippen LogP) is 1.26. The topological polar surface area (TPSA) is 71.4 Å². The summed E-state index contributed by atoms with van der Waals surface area (Å²) >= 11 is 1.50. The van der Waals surface area contributed by atoms with Crippen LogP contribution in [0.15, 0.2) is 0 Å². The Morgan fingerprint density at radius 2 is 1.93 bits per heavy atom. The Morgan fingerprint density at radius 1 is 1.40 bits per heavy atom. The van der Waals surface area contributed by atoms with Gasteiger partial charge in [-0.1, -0.05) is 20.8 Å². The number of carboxylic acid groups (broad SMARTS) is 1. The molecule has 6 heteroatoms. The SMILES string of the molecule is CCSCCS(=O)(=O)C(C(=O)O)C(C)C. The third-order valence-electron chi connectivity index (χ3n) is 1.95. The number of rotatable bonds is 7. The van der Waals surface area contributed by atoms with E-state index >= 15 is 0 Å². The zero-order valence-corrected chi connectivity index (χ0v) is 10.9. The Bertz CT molecular complexity index is 295. The molecule has 0 amide bonds. The van der Waals surface area contributed by atoms with Crippen LogP contribution in [0.25, 0.3) is 0 Å². The molecule has 0 aromatic carbocycles. The largest absolute Gasteiger partial charge is 0.480 e. The van der Waals surface area contributed by atoms with Crippen molar-refractivity contribution >= 4 is 27.6 Å². The first kappa shape index (κ1) is 14.8. The van der Waals surface area contributed by atoms with Gasteiger partial charge in [0.15, 0.2) is 15.1 Å². The third kappa shape index (κ3) is 4.88. The maximum absolute atomic E-state index is 11.7. The Labute approximate surface area is 95.4 Å². The van der Waals surface area contributed by atoms with Crippen molar-refractivity contribution in [3.8, 4) is 0 Å². The lowest BCUT2D eigenvalue weighted by atomic mass is 10.1. The lowest BCUT2D eigenvalue weighted by Gasteiger charge is -2.16. The first-order valence-corrected chi connectivity index (χ1v) is 7.72. The van der Waals surface area contributed by atoms with Crippen LogP contribution in [0.5, 0.6) is 0 Å². The summed E-state index contributed by atoms with van der Waals surface area (Å²) in [6.45, 7) is 5.17. The molecule has 0 aliphatic carbocycles. The van der Waals surface area contributed by atoms with Crippen LogP contribution in [0.3, 0.4) is 0 Å². The van der Waals surface area contributed by atoms with Gasteiger partial charge in [0.1, 0.15) is 0 Å². The van der Waals surface area contributed by atoms with Crippen LogP contribution >= 0.6 is 11.8 Å². The van der Waals surface area contributed by atoms with Crippen LogP contribution in [-0.2, 0) is 14.6 Å². The molecule has 0 bridgehead atoms. The minimum Gasteiger partial charge on any atom is -0.480 e. The average molecular weight is 254 g/mol. The molecule has 0 aromatic heterocycles. The van der Waals surface area contributed by atoms with E-state index in [4.69, 9.17) is 5.11 Å². The summed E-state index contributed by atoms with van der Waals surface area (Å²) in [6.07, 6.45) is 0. The number of aliphatic carboxylic acids is 1. The molecule has 90 valence electrons. The molecule has 0 saturated heterocycles. The quantitative estimate of drug-likeness (QED) is 0.693. The Morgan fingerprint density at radius 3 is 2.27 bits per heavy atom. The second-order valence-electron chi connectivity index (χ2n) is 3.57. The third-order valence-corrected chi connectivity index (χ3v) is 5.40. The van der Waals surface area contributed by atoms with Crippen molar-refractivity contribution in [1.82, 2.24) is 0 Å². The van der Waals surface area contributed by atoms with Gasteiger partial charge in [-0.15, -0.1) is 0 Å². The molecule has 0 rings (SSSR count). The average Bonchev–Trinajstić information content (AvgIpc) is 2.01. The summed E-state index contributed by atoms with van der Waals surface area (Å²) in [5, 5.41) is 7.58. The van der Waals surface area contributed by atoms with Gasteiger partial charge in [0, 0.05) is 5.75 Å². The molecule has 1 unspecified atom stereocenters. The molecule has 0 fully saturated rings. The van der Waals surface area contributed by atoms with E-state index in [2.05, 4.69) is 0 Å². The predicted molar refractivity (Wildman–Crippen MR) is 63.0 cm³/mol. The van der Waals surface area contributed by atoms with Crippen molar-refractivity contribution in [2.75, 3.05) is 17.3 Å². The fourth-order valence-corrected chi connectivity index (χ4v) is 4.38. The molecular weight excluding hydrogens is 236 g/mol. The van der Waals surface area contributed by atoms with Crippen LogP contribution < -0.4 is 0 Å². The van der Waals surface area contributed by atoms with Gasteiger partial charge >= 0.3 is 5.97 Å². The lowest BCUT2D eigenvalue weighted by molar-refractivity contribution is -0.137. The second-order valence-corrected chi connectivity index (χ2v) is 7.20. The normalized spacial score (nSPS) is 14.1. The zero-order chi connectivity index (χ0) is 12.1. The van der Waals surface area contributed by atoms with Crippen LogP contribution in [0.4, 0.5) is 0 Å². The number of thioether (sulfide) groups is 1. The highest BCUT2D eigenvalue weighted by Gasteiger charge is 2.34. The minimum absolute atomic E-state index is 0.0549. The molecule has 0 saturated carbocycles. The van der Waals surface area contributed by atoms with Crippen molar-refractivity contribution < 1.29 is 18.3 Å². The van der Waals surface area contributed by atoms with E-state index in [1.165, 1.54) is 11.8 Å². The summed E-state index contributed by atoms with van der Waals surface area (Å²) in [6, 6.07) is 0. The molecular formula is C9H18O4S2. The first-order valence-electron chi connectivity index (χ1n) is 4.85. The van der Waals surface area contributed by atoms with Crippen molar-refractivity contribution in [3.63, 3.8) is 0 Å². The first-order chi connectivity index (χ1) is 6.83. The van der Waals surface area contributed by atoms with Gasteiger partial charge in [-0.25, -0.2) is 8.42 Å². The van der Waals surface area contributed by atoms with Crippen LogP contribution in [0.1, 0.15) is 20.8 Å². The summed E-state index contributed by atoms with van der Waals surface area (Å²) in [7, 11) is -3.51. The molecule has 15 heavy (non-hydrogen) atoms. The van der Waals surface area contributed by atoms with Crippen LogP contribution in [0, 0.1) is 5.92 Å². The Balaban J connectivity index is 4.59. The van der Waals surface area contributed by atoms with Gasteiger partial charge in [0.25, 0.3) is 0 Å². The lowest BCUT2D eigenvalue weighted by Crippen LogP contribution is -2.37. The fourth-order valence-electron chi connectivity index (χ4n) is 1.30. The Hall–Kier alpha value is -0.230. The fraction of sp³-hybridized carbons (Fsp3) is 0.889. The van der Waals surface area contributed by atoms with E-state index in [1.54, 1.807) is 13.8 Å². The van der Waals surface area contributed by atoms with E-state index < -0.39 is 21.1 Å². The molecule has 0 radical (unpaired) electrons. The smallest absolute Gasteiger partial charge is 0.322 e. The number of hydrogen-bond acceptors (Lipinski definition) is 4. The monoisotopic (exact) mass is 254 g/mol. The molecule has 1 atom stereocenters. The van der Waals surface area contributed by atoms with E-state index in [0.717, 1.165) is 5.75 Å². The van der Waals surface area contributed by atoms with Gasteiger partial charge in [-0.3, -0.25) is 4.79 Å². The molecule has 0 heterocycles. The van der Waals surface area contributed by atoms with Crippen molar-refractivity contribution in [2.24, 2.45) is 5.92 Å². The van der Waals surface area contributed by atoms with Gasteiger partial charge in [0.2, 0.25) is 0 Å². The molecule has 1 N–H and O–H groups in total. The molecule has 4 nitrogen and oxygen atoms in total. The van der Waals surface area contributed by atoms with Gasteiger partial charge < -0.3 is 5.11 Å². The van der Waals surface area contributed by atoms with Gasteiger partial charge in [-0.05, 0) is 11.7 Å². The summed E-state index contributed by atoms with van der Waals surface area (Å²) in [5.74, 6) is -0.379. The highest BCUT2D eigenvalue weighted by molar-refractivity contribution is 8.00. The van der Waals surface area contributed by atoms with Crippen LogP contribution in [-0.4, -0.2) is 42.0 Å². The standard InChI is InChI=1S/C9H18O4S2/c1-4-14-5-6-15(12,13)8(7(2)3)9(10)11/h7-8H,4-6H2,1-3H3,(H,10,11). The second kappa shape index (κ2) is 6.37. The molecule has 0 spiro atoms. The highest BCUT2D eigenvalue weighted by Crippen LogP contribution is 2.15. The Kier molecular flexibility index (Phi) is 6.28. The van der Waals surface area contributed by atoms with E-state index in [1.807, 2.05) is 6.92 Å². The van der Waals surface area contributed by atoms with Crippen molar-refractivity contribution in [2.45, 2.75) is 26.0 Å². The maximum Gasteiger partial charge on any atom is 0.322 e. The minimum atomic E-state index is -3.51. The summed E-state index contributed by atoms with van der Waals surface area (Å²) < 4.78 is 23.4. The number of hydrogen-bond donors (Lipinski definition) is 1. The van der Waals surface area contributed by atoms with Gasteiger partial charge in [-0.2, -0.15) is 11.8 Å². The van der Waals surface area contributed by atoms with Crippen LogP contribution in [0.2, 0.25) is 0 Å². The number of carboxylic acids is 1. The molecule has 0 aliphatic heterocycles. The summed E-state index contributed by atoms with van der Waals surface area (Å²) in [5.41, 5.74) is 0. The van der Waals surface area contributed by atoms with Gasteiger partial charge in [0.05, 0.1) is 5.75 Å². The van der Waals surface area contributed by atoms with E-state index in [0.29, 0.717) is 5.75 Å². The van der Waals surface area contributed by atoms with Crippen molar-refractivity contribution in [1.29, 1.82) is 0 Å².